The van der Waals surface area contributed by atoms with Crippen LogP contribution in [-0.2, 0) is 11.2 Å². The van der Waals surface area contributed by atoms with Gasteiger partial charge in [0.05, 0.1) is 5.75 Å². The summed E-state index contributed by atoms with van der Waals surface area (Å²) in [6.07, 6.45) is 1.99. The van der Waals surface area contributed by atoms with Crippen molar-refractivity contribution >= 4 is 23.4 Å². The molecule has 1 atom stereocenters. The maximum Gasteiger partial charge on any atom is 0.277 e. The van der Waals surface area contributed by atoms with Crippen molar-refractivity contribution in [1.29, 1.82) is 0 Å². The maximum absolute atomic E-state index is 12.8. The molecule has 0 aliphatic carbocycles. The van der Waals surface area contributed by atoms with E-state index in [9.17, 15) is 4.79 Å². The highest BCUT2D eigenvalue weighted by Crippen LogP contribution is 2.31. The maximum atomic E-state index is 12.8. The Balaban J connectivity index is 1.46. The Bertz CT molecular complexity index is 910. The van der Waals surface area contributed by atoms with Gasteiger partial charge < -0.3 is 9.32 Å². The fraction of sp³-hybridized carbons (Fsp3) is 0.250. The molecule has 4 rings (SSSR count). The van der Waals surface area contributed by atoms with Crippen molar-refractivity contribution in [2.45, 2.75) is 31.0 Å². The number of anilines is 1. The van der Waals surface area contributed by atoms with Gasteiger partial charge in [-0.2, -0.15) is 0 Å². The highest BCUT2D eigenvalue weighted by Gasteiger charge is 2.28. The number of nitrogens with zero attached hydrogens (tertiary/aromatic N) is 3. The van der Waals surface area contributed by atoms with Crippen molar-refractivity contribution in [3.63, 3.8) is 0 Å². The van der Waals surface area contributed by atoms with E-state index in [0.29, 0.717) is 11.1 Å². The van der Waals surface area contributed by atoms with E-state index in [1.807, 2.05) is 53.4 Å². The Kier molecular flexibility index (Phi) is 4.75. The predicted molar refractivity (Wildman–Crippen MR) is 102 cm³/mol. The number of aromatic nitrogens is 2. The first-order valence-corrected chi connectivity index (χ1v) is 9.62. The molecule has 1 aliphatic rings. The molecule has 0 radical (unpaired) electrons. The lowest BCUT2D eigenvalue weighted by Crippen LogP contribution is -2.43. The summed E-state index contributed by atoms with van der Waals surface area (Å²) in [6, 6.07) is 17.9. The molecule has 0 unspecified atom stereocenters. The molecule has 5 nitrogen and oxygen atoms in total. The van der Waals surface area contributed by atoms with Crippen LogP contribution in [-0.4, -0.2) is 27.9 Å². The van der Waals surface area contributed by atoms with Crippen molar-refractivity contribution in [2.75, 3.05) is 10.7 Å². The number of hydrogen-bond acceptors (Lipinski definition) is 5. The molecule has 1 aromatic heterocycles. The Labute approximate surface area is 156 Å². The van der Waals surface area contributed by atoms with Crippen LogP contribution >= 0.6 is 11.8 Å². The zero-order chi connectivity index (χ0) is 17.9. The second-order valence-corrected chi connectivity index (χ2v) is 7.23. The monoisotopic (exact) mass is 365 g/mol. The smallest absolute Gasteiger partial charge is 0.277 e. The van der Waals surface area contributed by atoms with Gasteiger partial charge in [-0.1, -0.05) is 48.2 Å². The minimum absolute atomic E-state index is 0.0640. The Morgan fingerprint density at radius 3 is 2.77 bits per heavy atom. The molecule has 0 spiro atoms. The van der Waals surface area contributed by atoms with Crippen LogP contribution in [0.25, 0.3) is 11.5 Å². The van der Waals surface area contributed by atoms with Crippen LogP contribution in [0.5, 0.6) is 0 Å². The molecule has 0 saturated carbocycles. The molecular formula is C20H19N3O2S. The van der Waals surface area contributed by atoms with Crippen LogP contribution in [0.3, 0.4) is 0 Å². The number of benzene rings is 2. The number of rotatable bonds is 4. The van der Waals surface area contributed by atoms with Crippen molar-refractivity contribution in [3.05, 3.63) is 60.2 Å². The molecule has 6 heteroatoms. The molecule has 1 amide bonds. The van der Waals surface area contributed by atoms with Gasteiger partial charge >= 0.3 is 0 Å². The highest BCUT2D eigenvalue weighted by atomic mass is 32.2. The average molecular weight is 365 g/mol. The zero-order valence-electron chi connectivity index (χ0n) is 14.5. The number of aryl methyl sites for hydroxylation is 1. The summed E-state index contributed by atoms with van der Waals surface area (Å²) in [6.45, 7) is 2.10. The quantitative estimate of drug-likeness (QED) is 0.649. The van der Waals surface area contributed by atoms with Crippen molar-refractivity contribution in [1.82, 2.24) is 10.2 Å². The standard InChI is InChI=1S/C20H19N3O2S/c1-14-11-12-15-7-5-6-10-17(15)23(14)18(24)13-26-20-22-21-19(25-20)16-8-3-2-4-9-16/h2-10,14H,11-13H2,1H3/t14-/m0/s1. The third-order valence-electron chi connectivity index (χ3n) is 4.54. The molecular weight excluding hydrogens is 346 g/mol. The largest absolute Gasteiger partial charge is 0.411 e. The Morgan fingerprint density at radius 2 is 1.92 bits per heavy atom. The number of fused-ring (bicyclic) bond motifs is 1. The lowest BCUT2D eigenvalue weighted by molar-refractivity contribution is -0.116. The van der Waals surface area contributed by atoms with E-state index in [-0.39, 0.29) is 17.7 Å². The van der Waals surface area contributed by atoms with Gasteiger partial charge in [0, 0.05) is 17.3 Å². The summed E-state index contributed by atoms with van der Waals surface area (Å²) < 4.78 is 5.67. The molecule has 1 aliphatic heterocycles. The molecule has 132 valence electrons. The fourth-order valence-electron chi connectivity index (χ4n) is 3.23. The average Bonchev–Trinajstić information content (AvgIpc) is 3.16. The number of hydrogen-bond donors (Lipinski definition) is 0. The molecule has 0 saturated heterocycles. The SMILES string of the molecule is C[C@H]1CCc2ccccc2N1C(=O)CSc1nnc(-c2ccccc2)o1. The van der Waals surface area contributed by atoms with Gasteiger partial charge in [0.1, 0.15) is 0 Å². The minimum Gasteiger partial charge on any atom is -0.411 e. The summed E-state index contributed by atoms with van der Waals surface area (Å²) in [5.74, 6) is 0.807. The second kappa shape index (κ2) is 7.33. The van der Waals surface area contributed by atoms with Crippen LogP contribution in [0.15, 0.2) is 64.2 Å². The Morgan fingerprint density at radius 1 is 1.15 bits per heavy atom. The lowest BCUT2D eigenvalue weighted by atomic mass is 9.97. The van der Waals surface area contributed by atoms with Crippen molar-refractivity contribution < 1.29 is 9.21 Å². The van der Waals surface area contributed by atoms with Gasteiger partial charge in [-0.25, -0.2) is 0 Å². The van der Waals surface area contributed by atoms with E-state index in [1.165, 1.54) is 17.3 Å². The van der Waals surface area contributed by atoms with Gasteiger partial charge in [0.2, 0.25) is 11.8 Å². The summed E-state index contributed by atoms with van der Waals surface area (Å²) in [7, 11) is 0. The van der Waals surface area contributed by atoms with E-state index in [2.05, 4.69) is 23.2 Å². The van der Waals surface area contributed by atoms with Crippen LogP contribution in [0.1, 0.15) is 18.9 Å². The third kappa shape index (κ3) is 3.37. The molecule has 0 N–H and O–H groups in total. The molecule has 26 heavy (non-hydrogen) atoms. The number of amides is 1. The summed E-state index contributed by atoms with van der Waals surface area (Å²) in [5, 5.41) is 8.53. The first-order valence-electron chi connectivity index (χ1n) is 8.64. The first kappa shape index (κ1) is 16.8. The number of thioether (sulfide) groups is 1. The van der Waals surface area contributed by atoms with Gasteiger partial charge in [0.15, 0.2) is 0 Å². The summed E-state index contributed by atoms with van der Waals surface area (Å²) in [4.78, 5) is 14.7. The molecule has 2 heterocycles. The van der Waals surface area contributed by atoms with E-state index in [1.54, 1.807) is 0 Å². The van der Waals surface area contributed by atoms with Crippen molar-refractivity contribution in [3.8, 4) is 11.5 Å². The van der Waals surface area contributed by atoms with Gasteiger partial charge in [-0.3, -0.25) is 4.79 Å². The van der Waals surface area contributed by atoms with Crippen molar-refractivity contribution in [2.24, 2.45) is 0 Å². The molecule has 0 fully saturated rings. The zero-order valence-corrected chi connectivity index (χ0v) is 15.3. The number of para-hydroxylation sites is 1. The van der Waals surface area contributed by atoms with Crippen LogP contribution in [0, 0.1) is 0 Å². The molecule has 2 aromatic carbocycles. The summed E-state index contributed by atoms with van der Waals surface area (Å²) >= 11 is 1.28. The Hall–Kier alpha value is -2.60. The topological polar surface area (TPSA) is 59.2 Å². The van der Waals surface area contributed by atoms with E-state index in [0.717, 1.165) is 24.1 Å². The van der Waals surface area contributed by atoms with E-state index >= 15 is 0 Å². The molecule has 3 aromatic rings. The minimum atomic E-state index is 0.0640. The van der Waals surface area contributed by atoms with Crippen LogP contribution < -0.4 is 4.90 Å². The van der Waals surface area contributed by atoms with Gasteiger partial charge in [-0.15, -0.1) is 10.2 Å². The van der Waals surface area contributed by atoms with Crippen LogP contribution in [0.4, 0.5) is 5.69 Å². The van der Waals surface area contributed by atoms with E-state index < -0.39 is 0 Å². The fourth-order valence-corrected chi connectivity index (χ4v) is 3.85. The number of carbonyl (C=O) groups excluding carboxylic acids is 1. The normalized spacial score (nSPS) is 16.3. The number of carbonyl (C=O) groups is 1. The predicted octanol–water partition coefficient (Wildman–Crippen LogP) is 4.20. The van der Waals surface area contributed by atoms with E-state index in [4.69, 9.17) is 4.42 Å². The lowest BCUT2D eigenvalue weighted by Gasteiger charge is -2.35. The van der Waals surface area contributed by atoms with Gasteiger partial charge in [0.25, 0.3) is 5.22 Å². The highest BCUT2D eigenvalue weighted by molar-refractivity contribution is 7.99. The third-order valence-corrected chi connectivity index (χ3v) is 5.34. The summed E-state index contributed by atoms with van der Waals surface area (Å²) in [5.41, 5.74) is 3.12. The molecule has 0 bridgehead atoms. The first-order chi connectivity index (χ1) is 12.7. The van der Waals surface area contributed by atoms with Crippen LogP contribution in [0.2, 0.25) is 0 Å². The van der Waals surface area contributed by atoms with Gasteiger partial charge in [-0.05, 0) is 43.5 Å². The second-order valence-electron chi connectivity index (χ2n) is 6.31.